The molecule has 0 saturated carbocycles. The van der Waals surface area contributed by atoms with Crippen molar-refractivity contribution in [3.63, 3.8) is 0 Å². The maximum Gasteiger partial charge on any atom is 1.00 e. The molecule has 3 aromatic heterocycles. The Morgan fingerprint density at radius 2 is 1.41 bits per heavy atom. The minimum Gasteiger partial charge on any atom is -0.753 e. The largest absolute Gasteiger partial charge is 1.00 e. The third-order valence-corrected chi connectivity index (χ3v) is 7.47. The second-order valence-corrected chi connectivity index (χ2v) is 9.94. The van der Waals surface area contributed by atoms with E-state index >= 15 is 0 Å². The number of furan rings is 1. The third kappa shape index (κ3) is 10.7. The van der Waals surface area contributed by atoms with E-state index in [2.05, 4.69) is 106 Å². The van der Waals surface area contributed by atoms with Crippen LogP contribution in [0.2, 0.25) is 0 Å². The Kier molecular flexibility index (Phi) is 14.5. The SMILES string of the molecule is O=C(N/N=C/c1ccccn1)c1ccco1.[Cu+].[N-]=C=S.c1ccc([PH+](c2ccccc2)c2ccccn2)cc1. The number of amides is 1. The monoisotopic (exact) mass is 600 g/mol. The Morgan fingerprint density at radius 1 is 0.846 bits per heavy atom. The molecule has 39 heavy (non-hydrogen) atoms. The fraction of sp³-hybridized carbons (Fsp3) is 0. The zero-order chi connectivity index (χ0) is 26.8. The third-order valence-electron chi connectivity index (χ3n) is 4.84. The van der Waals surface area contributed by atoms with Crippen molar-refractivity contribution < 1.29 is 26.3 Å². The van der Waals surface area contributed by atoms with Gasteiger partial charge >= 0.3 is 23.0 Å². The van der Waals surface area contributed by atoms with Gasteiger partial charge in [-0.2, -0.15) is 10.3 Å². The fourth-order valence-electron chi connectivity index (χ4n) is 3.25. The van der Waals surface area contributed by atoms with Gasteiger partial charge in [-0.25, -0.2) is 10.4 Å². The molecule has 0 radical (unpaired) electrons. The smallest absolute Gasteiger partial charge is 0.753 e. The Labute approximate surface area is 244 Å². The van der Waals surface area contributed by atoms with E-state index < -0.39 is 13.8 Å². The summed E-state index contributed by atoms with van der Waals surface area (Å²) in [5.41, 5.74) is 4.18. The predicted octanol–water partition coefficient (Wildman–Crippen LogP) is 4.67. The summed E-state index contributed by atoms with van der Waals surface area (Å²) in [5.74, 6) is -0.171. The van der Waals surface area contributed by atoms with E-state index in [1.807, 2.05) is 18.3 Å². The molecule has 0 aliphatic rings. The summed E-state index contributed by atoms with van der Waals surface area (Å²) in [7, 11) is -0.988. The van der Waals surface area contributed by atoms with E-state index in [9.17, 15) is 4.79 Å². The molecule has 0 saturated heterocycles. The van der Waals surface area contributed by atoms with E-state index in [1.54, 1.807) is 30.5 Å². The van der Waals surface area contributed by atoms with Crippen molar-refractivity contribution in [2.75, 3.05) is 0 Å². The van der Waals surface area contributed by atoms with Crippen LogP contribution in [0.15, 0.2) is 137 Å². The van der Waals surface area contributed by atoms with Crippen LogP contribution in [-0.4, -0.2) is 27.3 Å². The number of carbonyl (C=O) groups excluding carboxylic acids is 1. The van der Waals surface area contributed by atoms with Gasteiger partial charge in [0.25, 0.3) is 0 Å². The topological polar surface area (TPSA) is 103 Å². The average Bonchev–Trinajstić information content (AvgIpc) is 3.52. The first-order valence-electron chi connectivity index (χ1n) is 11.4. The van der Waals surface area contributed by atoms with Gasteiger partial charge in [-0.1, -0.05) is 60.7 Å². The number of hydrazone groups is 1. The maximum atomic E-state index is 11.4. The number of thiocarbonyl (C=S) groups is 1. The van der Waals surface area contributed by atoms with E-state index in [0.29, 0.717) is 5.69 Å². The molecule has 0 unspecified atom stereocenters. The number of nitrogens with zero attached hydrogens (tertiary/aromatic N) is 4. The number of hydrogen-bond acceptors (Lipinski definition) is 6. The molecule has 2 aromatic carbocycles. The van der Waals surface area contributed by atoms with Gasteiger partial charge in [0, 0.05) is 18.5 Å². The van der Waals surface area contributed by atoms with Gasteiger partial charge in [-0.05, 0) is 54.6 Å². The molecule has 0 spiro atoms. The maximum absolute atomic E-state index is 11.4. The summed E-state index contributed by atoms with van der Waals surface area (Å²) in [6.45, 7) is 0. The van der Waals surface area contributed by atoms with Crippen molar-refractivity contribution >= 4 is 53.5 Å². The van der Waals surface area contributed by atoms with Gasteiger partial charge < -0.3 is 9.83 Å². The Bertz CT molecular complexity index is 1330. The Hall–Kier alpha value is -4.09. The first-order chi connectivity index (χ1) is 18.7. The van der Waals surface area contributed by atoms with Crippen LogP contribution < -0.4 is 21.5 Å². The van der Waals surface area contributed by atoms with Crippen molar-refractivity contribution in [1.82, 2.24) is 15.4 Å². The van der Waals surface area contributed by atoms with Crippen molar-refractivity contribution in [2.45, 2.75) is 0 Å². The summed E-state index contributed by atoms with van der Waals surface area (Å²) in [5, 5.41) is 15.0. The normalized spacial score (nSPS) is 9.67. The van der Waals surface area contributed by atoms with E-state index in [1.165, 1.54) is 33.7 Å². The number of isothiocyanates is 1. The van der Waals surface area contributed by atoms with Crippen LogP contribution in [0.25, 0.3) is 5.41 Å². The molecule has 5 aromatic rings. The van der Waals surface area contributed by atoms with Gasteiger partial charge in [0.05, 0.1) is 18.2 Å². The zero-order valence-electron chi connectivity index (χ0n) is 20.5. The average molecular weight is 601 g/mol. The van der Waals surface area contributed by atoms with Crippen molar-refractivity contribution in [2.24, 2.45) is 5.10 Å². The summed E-state index contributed by atoms with van der Waals surface area (Å²) < 4.78 is 4.90. The van der Waals surface area contributed by atoms with Crippen LogP contribution in [0.1, 0.15) is 16.2 Å². The molecule has 0 aliphatic carbocycles. The van der Waals surface area contributed by atoms with Gasteiger partial charge in [0.2, 0.25) is 0 Å². The number of benzene rings is 2. The molecular formula is C29H24CuN5O2PS+. The van der Waals surface area contributed by atoms with Crippen LogP contribution >= 0.6 is 20.1 Å². The Balaban J connectivity index is 0.000000246. The minimum atomic E-state index is -0.988. The molecule has 198 valence electrons. The van der Waals surface area contributed by atoms with E-state index in [0.717, 1.165) is 0 Å². The van der Waals surface area contributed by atoms with Crippen LogP contribution in [0.4, 0.5) is 0 Å². The van der Waals surface area contributed by atoms with Gasteiger partial charge in [-0.3, -0.25) is 9.78 Å². The first-order valence-corrected chi connectivity index (χ1v) is 13.3. The molecule has 0 atom stereocenters. The predicted molar refractivity (Wildman–Crippen MR) is 158 cm³/mol. The molecule has 1 amide bonds. The van der Waals surface area contributed by atoms with Crippen LogP contribution in [0.5, 0.6) is 0 Å². The fourth-order valence-corrected chi connectivity index (χ4v) is 5.70. The summed E-state index contributed by atoms with van der Waals surface area (Å²) in [6.07, 6.45) is 6.42. The van der Waals surface area contributed by atoms with Crippen molar-refractivity contribution in [3.8, 4) is 0 Å². The molecular weight excluding hydrogens is 577 g/mol. The van der Waals surface area contributed by atoms with Crippen LogP contribution in [-0.2, 0) is 17.1 Å². The molecule has 10 heteroatoms. The summed E-state index contributed by atoms with van der Waals surface area (Å²) >= 11 is 3.70. The quantitative estimate of drug-likeness (QED) is 0.100. The molecule has 7 nitrogen and oxygen atoms in total. The molecule has 3 heterocycles. The zero-order valence-corrected chi connectivity index (χ0v) is 23.3. The molecule has 0 fully saturated rings. The molecule has 5 rings (SSSR count). The molecule has 1 N–H and O–H groups in total. The van der Waals surface area contributed by atoms with Crippen LogP contribution in [0, 0.1) is 0 Å². The second-order valence-electron chi connectivity index (χ2n) is 7.34. The van der Waals surface area contributed by atoms with Gasteiger partial charge in [0.15, 0.2) is 11.2 Å². The van der Waals surface area contributed by atoms with E-state index in [4.69, 9.17) is 9.83 Å². The first kappa shape index (κ1) is 31.1. The number of nitrogens with one attached hydrogen (secondary N) is 1. The van der Waals surface area contributed by atoms with Crippen molar-refractivity contribution in [1.29, 1.82) is 0 Å². The number of aromatic nitrogens is 2. The molecule has 0 bridgehead atoms. The summed E-state index contributed by atoms with van der Waals surface area (Å²) in [6, 6.07) is 36.1. The number of hydrogen-bond donors (Lipinski definition) is 1. The Morgan fingerprint density at radius 3 is 1.90 bits per heavy atom. The number of pyridine rings is 2. The number of carbonyl (C=O) groups is 1. The van der Waals surface area contributed by atoms with Crippen LogP contribution in [0.3, 0.4) is 0 Å². The molecule has 0 aliphatic heterocycles. The van der Waals surface area contributed by atoms with Gasteiger partial charge in [-0.15, -0.1) is 0 Å². The summed E-state index contributed by atoms with van der Waals surface area (Å²) in [4.78, 5) is 19.9. The standard InChI is InChI=1S/C17H14NP.C11H9N3O2.CNS.Cu/c1-3-9-15(10-4-1)19(16-11-5-2-6-12-16)17-13-7-8-14-18-17;15-11(10-5-3-7-16-10)14-13-8-9-4-1-2-6-12-9;2-1-3;/h1-14H;1-8H,(H,14,15);;/q;;-1;+1/p+1/b;13-8+;;. The van der Waals surface area contributed by atoms with E-state index in [-0.39, 0.29) is 22.8 Å². The van der Waals surface area contributed by atoms with Crippen molar-refractivity contribution in [3.05, 3.63) is 145 Å². The number of rotatable bonds is 6. The van der Waals surface area contributed by atoms with Gasteiger partial charge in [0.1, 0.15) is 18.5 Å². The minimum absolute atomic E-state index is 0. The second kappa shape index (κ2) is 18.2.